The molecule has 3 aromatic rings. The molecule has 1 N–H and O–H groups in total. The number of benzene rings is 2. The van der Waals surface area contributed by atoms with Crippen molar-refractivity contribution in [2.24, 2.45) is 0 Å². The number of rotatable bonds is 6. The molecule has 0 fully saturated rings. The molecule has 30 heavy (non-hydrogen) atoms. The van der Waals surface area contributed by atoms with Gasteiger partial charge < -0.3 is 10.2 Å². The largest absolute Gasteiger partial charge is 0.419 e. The van der Waals surface area contributed by atoms with E-state index in [1.54, 1.807) is 38.4 Å². The van der Waals surface area contributed by atoms with E-state index in [-0.39, 0.29) is 24.0 Å². The SMILES string of the molecule is CN(C)C(=O)c1ccc(Nc2ncc(C(F)(F)F)c(CCc3ccccc3)n2)cc1. The van der Waals surface area contributed by atoms with Crippen molar-refractivity contribution in [1.29, 1.82) is 0 Å². The fraction of sp³-hybridized carbons (Fsp3) is 0.227. The van der Waals surface area contributed by atoms with E-state index in [1.807, 2.05) is 30.3 Å². The molecule has 0 aliphatic carbocycles. The standard InChI is InChI=1S/C22H21F3N4O/c1-29(2)20(30)16-9-11-17(12-10-16)27-21-26-14-18(22(23,24)25)19(28-21)13-8-15-6-4-3-5-7-15/h3-7,9-12,14H,8,13H2,1-2H3,(H,26,27,28). The van der Waals surface area contributed by atoms with Crippen LogP contribution in [0.25, 0.3) is 0 Å². The van der Waals surface area contributed by atoms with Crippen LogP contribution in [-0.4, -0.2) is 34.9 Å². The average molecular weight is 414 g/mol. The Morgan fingerprint density at radius 3 is 2.27 bits per heavy atom. The van der Waals surface area contributed by atoms with Gasteiger partial charge in [0.2, 0.25) is 5.95 Å². The van der Waals surface area contributed by atoms with Gasteiger partial charge in [-0.15, -0.1) is 0 Å². The van der Waals surface area contributed by atoms with Crippen LogP contribution < -0.4 is 5.32 Å². The minimum absolute atomic E-state index is 0.0664. The molecular weight excluding hydrogens is 393 g/mol. The van der Waals surface area contributed by atoms with Crippen LogP contribution in [0.1, 0.15) is 27.2 Å². The van der Waals surface area contributed by atoms with Crippen molar-refractivity contribution in [3.8, 4) is 0 Å². The highest BCUT2D eigenvalue weighted by molar-refractivity contribution is 5.94. The van der Waals surface area contributed by atoms with Crippen LogP contribution in [0.5, 0.6) is 0 Å². The Bertz CT molecular complexity index is 1000. The van der Waals surface area contributed by atoms with Crippen molar-refractivity contribution < 1.29 is 18.0 Å². The van der Waals surface area contributed by atoms with Crippen molar-refractivity contribution in [2.45, 2.75) is 19.0 Å². The number of halogens is 3. The molecule has 156 valence electrons. The lowest BCUT2D eigenvalue weighted by atomic mass is 10.1. The first-order chi connectivity index (χ1) is 14.2. The van der Waals surface area contributed by atoms with Crippen LogP contribution in [0.4, 0.5) is 24.8 Å². The fourth-order valence-electron chi connectivity index (χ4n) is 2.90. The molecule has 0 saturated carbocycles. The third kappa shape index (κ3) is 5.34. The summed E-state index contributed by atoms with van der Waals surface area (Å²) in [6.45, 7) is 0. The molecule has 0 atom stereocenters. The third-order valence-electron chi connectivity index (χ3n) is 4.46. The molecule has 0 saturated heterocycles. The quantitative estimate of drug-likeness (QED) is 0.634. The topological polar surface area (TPSA) is 58.1 Å². The number of alkyl halides is 3. The Kier molecular flexibility index (Phi) is 6.34. The van der Waals surface area contributed by atoms with E-state index in [0.29, 0.717) is 17.7 Å². The van der Waals surface area contributed by atoms with Crippen molar-refractivity contribution in [3.63, 3.8) is 0 Å². The normalized spacial score (nSPS) is 11.2. The molecule has 1 aromatic heterocycles. The summed E-state index contributed by atoms with van der Waals surface area (Å²) in [6, 6.07) is 15.8. The molecule has 0 bridgehead atoms. The molecule has 5 nitrogen and oxygen atoms in total. The van der Waals surface area contributed by atoms with Gasteiger partial charge in [-0.1, -0.05) is 30.3 Å². The van der Waals surface area contributed by atoms with Crippen LogP contribution in [0.2, 0.25) is 0 Å². The predicted molar refractivity (Wildman–Crippen MR) is 109 cm³/mol. The van der Waals surface area contributed by atoms with Crippen molar-refractivity contribution in [2.75, 3.05) is 19.4 Å². The molecule has 3 rings (SSSR count). The zero-order valence-corrected chi connectivity index (χ0v) is 16.6. The van der Waals surface area contributed by atoms with E-state index in [1.165, 1.54) is 4.90 Å². The first kappa shape index (κ1) is 21.3. The number of nitrogens with zero attached hydrogens (tertiary/aromatic N) is 3. The van der Waals surface area contributed by atoms with Gasteiger partial charge in [-0.05, 0) is 42.7 Å². The summed E-state index contributed by atoms with van der Waals surface area (Å²) < 4.78 is 40.1. The molecule has 1 amide bonds. The average Bonchev–Trinajstić information content (AvgIpc) is 2.72. The fourth-order valence-corrected chi connectivity index (χ4v) is 2.90. The molecule has 0 aliphatic rings. The van der Waals surface area contributed by atoms with Gasteiger partial charge in [0.1, 0.15) is 0 Å². The lowest BCUT2D eigenvalue weighted by Gasteiger charge is -2.14. The number of nitrogens with one attached hydrogen (secondary N) is 1. The second kappa shape index (κ2) is 8.94. The summed E-state index contributed by atoms with van der Waals surface area (Å²) in [4.78, 5) is 21.4. The molecule has 1 heterocycles. The Hall–Kier alpha value is -3.42. The second-order valence-corrected chi connectivity index (χ2v) is 6.94. The zero-order valence-electron chi connectivity index (χ0n) is 16.6. The first-order valence-electron chi connectivity index (χ1n) is 9.30. The number of amides is 1. The third-order valence-corrected chi connectivity index (χ3v) is 4.46. The zero-order chi connectivity index (χ0) is 21.7. The molecule has 0 radical (unpaired) electrons. The lowest BCUT2D eigenvalue weighted by molar-refractivity contribution is -0.138. The predicted octanol–water partition coefficient (Wildman–Crippen LogP) is 4.73. The number of aryl methyl sites for hydroxylation is 2. The Morgan fingerprint density at radius 2 is 1.67 bits per heavy atom. The molecular formula is C22H21F3N4O. The highest BCUT2D eigenvalue weighted by Crippen LogP contribution is 2.32. The van der Waals surface area contributed by atoms with Gasteiger partial charge in [-0.3, -0.25) is 4.79 Å². The maximum Gasteiger partial charge on any atom is 0.419 e. The van der Waals surface area contributed by atoms with Gasteiger partial charge >= 0.3 is 6.18 Å². The summed E-state index contributed by atoms with van der Waals surface area (Å²) in [7, 11) is 3.31. The lowest BCUT2D eigenvalue weighted by Crippen LogP contribution is -2.21. The number of aromatic nitrogens is 2. The van der Waals surface area contributed by atoms with Gasteiger partial charge in [0.15, 0.2) is 0 Å². The van der Waals surface area contributed by atoms with Gasteiger partial charge in [0.05, 0.1) is 11.3 Å². The number of anilines is 2. The van der Waals surface area contributed by atoms with Gasteiger partial charge in [0, 0.05) is 31.5 Å². The maximum atomic E-state index is 13.4. The number of carbonyl (C=O) groups is 1. The Morgan fingerprint density at radius 1 is 1.00 bits per heavy atom. The van der Waals surface area contributed by atoms with Crippen LogP contribution in [0.15, 0.2) is 60.8 Å². The number of carbonyl (C=O) groups excluding carboxylic acids is 1. The molecule has 8 heteroatoms. The summed E-state index contributed by atoms with van der Waals surface area (Å²) in [5.74, 6) is -0.0757. The Balaban J connectivity index is 1.80. The van der Waals surface area contributed by atoms with Gasteiger partial charge in [0.25, 0.3) is 5.91 Å². The summed E-state index contributed by atoms with van der Waals surface area (Å²) in [5.41, 5.74) is 1.10. The van der Waals surface area contributed by atoms with E-state index < -0.39 is 11.7 Å². The van der Waals surface area contributed by atoms with E-state index in [4.69, 9.17) is 0 Å². The monoisotopic (exact) mass is 414 g/mol. The van der Waals surface area contributed by atoms with Crippen LogP contribution in [0.3, 0.4) is 0 Å². The van der Waals surface area contributed by atoms with Gasteiger partial charge in [-0.25, -0.2) is 9.97 Å². The molecule has 0 aliphatic heterocycles. The molecule has 0 unspecified atom stereocenters. The smallest absolute Gasteiger partial charge is 0.345 e. The van der Waals surface area contributed by atoms with E-state index in [2.05, 4.69) is 15.3 Å². The summed E-state index contributed by atoms with van der Waals surface area (Å²) in [6.07, 6.45) is -3.16. The molecule has 2 aromatic carbocycles. The van der Waals surface area contributed by atoms with E-state index >= 15 is 0 Å². The Labute approximate surface area is 172 Å². The van der Waals surface area contributed by atoms with Crippen LogP contribution >= 0.6 is 0 Å². The van der Waals surface area contributed by atoms with Crippen LogP contribution in [0, 0.1) is 0 Å². The minimum atomic E-state index is -4.53. The van der Waals surface area contributed by atoms with Crippen molar-refractivity contribution >= 4 is 17.5 Å². The van der Waals surface area contributed by atoms with Crippen molar-refractivity contribution in [1.82, 2.24) is 14.9 Å². The van der Waals surface area contributed by atoms with E-state index in [0.717, 1.165) is 11.8 Å². The molecule has 0 spiro atoms. The number of hydrogen-bond acceptors (Lipinski definition) is 4. The second-order valence-electron chi connectivity index (χ2n) is 6.94. The summed E-state index contributed by atoms with van der Waals surface area (Å²) in [5, 5.41) is 2.90. The highest BCUT2D eigenvalue weighted by Gasteiger charge is 2.34. The summed E-state index contributed by atoms with van der Waals surface area (Å²) >= 11 is 0. The number of hydrogen-bond donors (Lipinski definition) is 1. The maximum absolute atomic E-state index is 13.4. The van der Waals surface area contributed by atoms with Crippen molar-refractivity contribution in [3.05, 3.63) is 83.2 Å². The van der Waals surface area contributed by atoms with Gasteiger partial charge in [-0.2, -0.15) is 13.2 Å². The highest BCUT2D eigenvalue weighted by atomic mass is 19.4. The van der Waals surface area contributed by atoms with E-state index in [9.17, 15) is 18.0 Å². The minimum Gasteiger partial charge on any atom is -0.345 e. The first-order valence-corrected chi connectivity index (χ1v) is 9.30. The van der Waals surface area contributed by atoms with Crippen LogP contribution in [-0.2, 0) is 19.0 Å².